The van der Waals surface area contributed by atoms with Crippen molar-refractivity contribution < 1.29 is 9.47 Å². The molecule has 2 fully saturated rings. The Balaban J connectivity index is 1.34. The molecule has 2 saturated heterocycles. The lowest BCUT2D eigenvalue weighted by molar-refractivity contribution is 0.392. The Kier molecular flexibility index (Phi) is 3.79. The fourth-order valence-electron chi connectivity index (χ4n) is 2.20. The monoisotopic (exact) mass is 252 g/mol. The Morgan fingerprint density at radius 3 is 2.35 bits per heavy atom. The molecule has 94 valence electrons. The Morgan fingerprint density at radius 1 is 1.06 bits per heavy atom. The summed E-state index contributed by atoms with van der Waals surface area (Å²) in [5.41, 5.74) is 1.52. The van der Waals surface area contributed by atoms with Crippen LogP contribution in [0.1, 0.15) is 36.1 Å². The second-order valence-corrected chi connectivity index (χ2v) is 6.11. The molecule has 0 saturated carbocycles. The van der Waals surface area contributed by atoms with Crippen molar-refractivity contribution in [2.75, 3.05) is 13.2 Å². The van der Waals surface area contributed by atoms with E-state index in [-0.39, 0.29) is 0 Å². The van der Waals surface area contributed by atoms with Crippen molar-refractivity contribution >= 4 is 11.3 Å². The van der Waals surface area contributed by atoms with Gasteiger partial charge in [-0.25, -0.2) is 0 Å². The molecule has 0 aliphatic carbocycles. The molecule has 0 N–H and O–H groups in total. The zero-order chi connectivity index (χ0) is 11.5. The molecule has 0 amide bonds. The number of ether oxygens (including phenoxy) is 2. The van der Waals surface area contributed by atoms with Crippen LogP contribution in [0.2, 0.25) is 0 Å². The maximum atomic E-state index is 5.22. The zero-order valence-electron chi connectivity index (χ0n) is 10.2. The first-order valence-electron chi connectivity index (χ1n) is 6.69. The van der Waals surface area contributed by atoms with E-state index in [2.05, 4.69) is 11.4 Å². The molecule has 3 rings (SSSR count). The van der Waals surface area contributed by atoms with Gasteiger partial charge >= 0.3 is 0 Å². The highest BCUT2D eigenvalue weighted by Crippen LogP contribution is 2.23. The highest BCUT2D eigenvalue weighted by atomic mass is 32.1. The number of epoxide rings is 2. The van der Waals surface area contributed by atoms with E-state index in [1.54, 1.807) is 4.88 Å². The van der Waals surface area contributed by atoms with Gasteiger partial charge in [-0.05, 0) is 55.5 Å². The van der Waals surface area contributed by atoms with Crippen LogP contribution < -0.4 is 0 Å². The fraction of sp³-hybridized carbons (Fsp3) is 0.714. The third kappa shape index (κ3) is 4.09. The molecule has 2 atom stereocenters. The Hall–Kier alpha value is -0.380. The minimum Gasteiger partial charge on any atom is -0.373 e. The van der Waals surface area contributed by atoms with Crippen molar-refractivity contribution in [3.8, 4) is 0 Å². The summed E-state index contributed by atoms with van der Waals surface area (Å²) in [5.74, 6) is 0. The molecule has 1 aromatic heterocycles. The molecule has 0 aromatic carbocycles. The highest BCUT2D eigenvalue weighted by Gasteiger charge is 2.22. The fourth-order valence-corrected chi connectivity index (χ4v) is 3.17. The Labute approximate surface area is 107 Å². The minimum atomic E-state index is 0.589. The standard InChI is InChI=1S/C14H20O2S/c1(4-12-8-15-12)3-11-7-14(17-10-11)6-2-5-13-9-16-13/h7,10,12-13H,1-6,8-9H2. The predicted octanol–water partition coefficient (Wildman–Crippen LogP) is 3.19. The molecule has 2 unspecified atom stereocenters. The van der Waals surface area contributed by atoms with E-state index in [9.17, 15) is 0 Å². The summed E-state index contributed by atoms with van der Waals surface area (Å²) in [4.78, 5) is 1.54. The molecule has 2 nitrogen and oxygen atoms in total. The smallest absolute Gasteiger partial charge is 0.0810 e. The molecule has 3 heteroatoms. The first-order chi connectivity index (χ1) is 8.40. The SMILES string of the molecule is c1sc(CCCC2CO2)cc1CCCC1CO1. The summed E-state index contributed by atoms with van der Waals surface area (Å²) in [6, 6.07) is 2.40. The van der Waals surface area contributed by atoms with Gasteiger partial charge in [0.05, 0.1) is 25.4 Å². The summed E-state index contributed by atoms with van der Waals surface area (Å²) in [6.07, 6.45) is 8.67. The number of thiophene rings is 1. The van der Waals surface area contributed by atoms with Crippen molar-refractivity contribution in [1.82, 2.24) is 0 Å². The van der Waals surface area contributed by atoms with E-state index < -0.39 is 0 Å². The van der Waals surface area contributed by atoms with Gasteiger partial charge in [-0.3, -0.25) is 0 Å². The van der Waals surface area contributed by atoms with Crippen molar-refractivity contribution in [1.29, 1.82) is 0 Å². The first kappa shape index (κ1) is 11.7. The lowest BCUT2D eigenvalue weighted by atomic mass is 10.1. The summed E-state index contributed by atoms with van der Waals surface area (Å²) < 4.78 is 10.4. The van der Waals surface area contributed by atoms with Crippen LogP contribution in [0.3, 0.4) is 0 Å². The van der Waals surface area contributed by atoms with E-state index in [0.29, 0.717) is 12.2 Å². The van der Waals surface area contributed by atoms with Crippen LogP contribution in [0.15, 0.2) is 11.4 Å². The topological polar surface area (TPSA) is 25.1 Å². The molecule has 0 spiro atoms. The summed E-state index contributed by atoms with van der Waals surface area (Å²) in [5, 5.41) is 2.33. The molecule has 3 heterocycles. The third-order valence-electron chi connectivity index (χ3n) is 3.45. The number of aryl methyl sites for hydroxylation is 2. The van der Waals surface area contributed by atoms with Gasteiger partial charge in [-0.2, -0.15) is 0 Å². The Morgan fingerprint density at radius 2 is 1.71 bits per heavy atom. The largest absolute Gasteiger partial charge is 0.373 e. The van der Waals surface area contributed by atoms with Crippen molar-refractivity contribution in [2.24, 2.45) is 0 Å². The quantitative estimate of drug-likeness (QED) is 0.664. The van der Waals surface area contributed by atoms with Gasteiger partial charge in [-0.1, -0.05) is 0 Å². The minimum absolute atomic E-state index is 0.589. The van der Waals surface area contributed by atoms with Gasteiger partial charge in [0.25, 0.3) is 0 Å². The van der Waals surface area contributed by atoms with Gasteiger partial charge in [0.1, 0.15) is 0 Å². The number of hydrogen-bond acceptors (Lipinski definition) is 3. The molecule has 0 radical (unpaired) electrons. The molecule has 1 aromatic rings. The van der Waals surface area contributed by atoms with Crippen molar-refractivity contribution in [3.63, 3.8) is 0 Å². The van der Waals surface area contributed by atoms with Crippen LogP contribution in [0.5, 0.6) is 0 Å². The van der Waals surface area contributed by atoms with Crippen molar-refractivity contribution in [3.05, 3.63) is 21.9 Å². The zero-order valence-corrected chi connectivity index (χ0v) is 11.0. The lowest BCUT2D eigenvalue weighted by Crippen LogP contribution is -1.89. The summed E-state index contributed by atoms with van der Waals surface area (Å²) >= 11 is 1.92. The molecule has 17 heavy (non-hydrogen) atoms. The van der Waals surface area contributed by atoms with E-state index in [1.807, 2.05) is 11.3 Å². The van der Waals surface area contributed by atoms with Gasteiger partial charge in [0.2, 0.25) is 0 Å². The van der Waals surface area contributed by atoms with Gasteiger partial charge in [-0.15, -0.1) is 11.3 Å². The Bertz CT molecular complexity index is 320. The van der Waals surface area contributed by atoms with Gasteiger partial charge in [0, 0.05) is 4.88 Å². The van der Waals surface area contributed by atoms with Gasteiger partial charge < -0.3 is 9.47 Å². The summed E-state index contributed by atoms with van der Waals surface area (Å²) in [7, 11) is 0. The highest BCUT2D eigenvalue weighted by molar-refractivity contribution is 7.10. The average Bonchev–Trinajstić information content (AvgIpc) is 3.22. The third-order valence-corrected chi connectivity index (χ3v) is 4.50. The van der Waals surface area contributed by atoms with E-state index in [4.69, 9.17) is 9.47 Å². The van der Waals surface area contributed by atoms with Crippen LogP contribution in [-0.4, -0.2) is 25.4 Å². The average molecular weight is 252 g/mol. The lowest BCUT2D eigenvalue weighted by Gasteiger charge is -1.96. The van der Waals surface area contributed by atoms with Crippen LogP contribution in [0, 0.1) is 0 Å². The molecular formula is C14H20O2S. The van der Waals surface area contributed by atoms with Crippen LogP contribution in [-0.2, 0) is 22.3 Å². The van der Waals surface area contributed by atoms with E-state index in [0.717, 1.165) is 13.2 Å². The number of hydrogen-bond donors (Lipinski definition) is 0. The summed E-state index contributed by atoms with van der Waals surface area (Å²) in [6.45, 7) is 2.00. The van der Waals surface area contributed by atoms with Crippen LogP contribution >= 0.6 is 11.3 Å². The molecular weight excluding hydrogens is 232 g/mol. The van der Waals surface area contributed by atoms with E-state index in [1.165, 1.54) is 44.1 Å². The second kappa shape index (κ2) is 5.51. The molecule has 2 aliphatic rings. The molecule has 0 bridgehead atoms. The van der Waals surface area contributed by atoms with Crippen LogP contribution in [0.4, 0.5) is 0 Å². The van der Waals surface area contributed by atoms with Crippen molar-refractivity contribution in [2.45, 2.75) is 50.7 Å². The second-order valence-electron chi connectivity index (χ2n) is 5.12. The molecule has 2 aliphatic heterocycles. The number of rotatable bonds is 8. The predicted molar refractivity (Wildman–Crippen MR) is 69.7 cm³/mol. The van der Waals surface area contributed by atoms with Crippen LogP contribution in [0.25, 0.3) is 0 Å². The maximum absolute atomic E-state index is 5.22. The first-order valence-corrected chi connectivity index (χ1v) is 7.57. The van der Waals surface area contributed by atoms with E-state index >= 15 is 0 Å². The maximum Gasteiger partial charge on any atom is 0.0810 e. The normalized spacial score (nSPS) is 26.1. The van der Waals surface area contributed by atoms with Gasteiger partial charge in [0.15, 0.2) is 0 Å².